The number of rotatable bonds is 5. The van der Waals surface area contributed by atoms with Crippen molar-refractivity contribution in [1.29, 1.82) is 0 Å². The molecule has 0 nitrogen and oxygen atoms in total. The van der Waals surface area contributed by atoms with Crippen molar-refractivity contribution < 1.29 is 0 Å². The Kier molecular flexibility index (Phi) is 3.89. The van der Waals surface area contributed by atoms with Crippen LogP contribution in [0.25, 0.3) is 11.6 Å². The zero-order chi connectivity index (χ0) is 14.9. The normalized spacial score (nSPS) is 23.1. The van der Waals surface area contributed by atoms with E-state index in [1.54, 1.807) is 0 Å². The minimum atomic E-state index is 0.168. The molecule has 0 saturated heterocycles. The summed E-state index contributed by atoms with van der Waals surface area (Å²) >= 11 is 0. The smallest absolute Gasteiger partial charge is 0.0122 e. The highest BCUT2D eigenvalue weighted by atomic mass is 14.4. The summed E-state index contributed by atoms with van der Waals surface area (Å²) in [6.07, 6.45) is 14.9. The predicted octanol–water partition coefficient (Wildman–Crippen LogP) is 4.30. The second kappa shape index (κ2) is 5.67. The molecule has 0 amide bonds. The molecule has 1 aromatic carbocycles. The van der Waals surface area contributed by atoms with E-state index in [4.69, 9.17) is 0 Å². The van der Waals surface area contributed by atoms with Gasteiger partial charge in [-0.15, -0.1) is 0 Å². The standard InChI is InChI=1S/C21H25/c1-4-5-6-9-12-21(3)15-16(2)13-18-14-17-10-7-8-11-19(17)20(18)21/h7-8,10-11,14-15H,4-6,9,12H2,1-3H3. The fraction of sp³-hybridized carbons (Fsp3) is 0.429. The Hall–Kier alpha value is -1.56. The maximum Gasteiger partial charge on any atom is 0.0122 e. The van der Waals surface area contributed by atoms with Crippen LogP contribution >= 0.6 is 0 Å². The highest BCUT2D eigenvalue weighted by Gasteiger charge is 2.33. The molecule has 0 heteroatoms. The van der Waals surface area contributed by atoms with Crippen molar-refractivity contribution in [3.8, 4) is 0 Å². The van der Waals surface area contributed by atoms with Crippen molar-refractivity contribution in [3.63, 3.8) is 0 Å². The third-order valence-corrected chi connectivity index (χ3v) is 4.79. The SMILES string of the molecule is CCCCCCC1(C)C=C(C)[C]=C2C=c3ccccc3=C21. The molecule has 1 unspecified atom stereocenters. The molecule has 0 aliphatic heterocycles. The highest BCUT2D eigenvalue weighted by molar-refractivity contribution is 5.86. The quantitative estimate of drug-likeness (QED) is 0.704. The Labute approximate surface area is 128 Å². The van der Waals surface area contributed by atoms with E-state index in [0.717, 1.165) is 0 Å². The van der Waals surface area contributed by atoms with Gasteiger partial charge in [0.1, 0.15) is 0 Å². The lowest BCUT2D eigenvalue weighted by Crippen LogP contribution is -2.29. The first-order valence-corrected chi connectivity index (χ1v) is 8.29. The number of unbranched alkanes of at least 4 members (excludes halogenated alkanes) is 3. The van der Waals surface area contributed by atoms with Gasteiger partial charge in [0.05, 0.1) is 0 Å². The van der Waals surface area contributed by atoms with Gasteiger partial charge in [0.25, 0.3) is 0 Å². The van der Waals surface area contributed by atoms with Crippen molar-refractivity contribution in [2.24, 2.45) is 5.41 Å². The van der Waals surface area contributed by atoms with Crippen molar-refractivity contribution in [2.75, 3.05) is 0 Å². The molecule has 2 aliphatic rings. The first kappa shape index (κ1) is 14.4. The minimum Gasteiger partial charge on any atom is -0.0706 e. The van der Waals surface area contributed by atoms with Crippen LogP contribution in [0.3, 0.4) is 0 Å². The van der Waals surface area contributed by atoms with E-state index in [1.807, 2.05) is 0 Å². The summed E-state index contributed by atoms with van der Waals surface area (Å²) in [6.45, 7) is 6.87. The third kappa shape index (κ3) is 2.64. The summed E-state index contributed by atoms with van der Waals surface area (Å²) in [6, 6.07) is 8.79. The molecule has 3 rings (SSSR count). The Balaban J connectivity index is 2.01. The monoisotopic (exact) mass is 277 g/mol. The Morgan fingerprint density at radius 1 is 1.10 bits per heavy atom. The maximum atomic E-state index is 3.57. The van der Waals surface area contributed by atoms with E-state index in [0.29, 0.717) is 0 Å². The largest absolute Gasteiger partial charge is 0.0706 e. The van der Waals surface area contributed by atoms with Gasteiger partial charge in [-0.2, -0.15) is 0 Å². The van der Waals surface area contributed by atoms with Crippen LogP contribution in [0, 0.1) is 11.5 Å². The van der Waals surface area contributed by atoms with Gasteiger partial charge in [0.15, 0.2) is 0 Å². The second-order valence-corrected chi connectivity index (χ2v) is 6.70. The number of benzene rings is 1. The van der Waals surface area contributed by atoms with E-state index in [2.05, 4.69) is 63.3 Å². The summed E-state index contributed by atoms with van der Waals surface area (Å²) in [5.74, 6) is 0. The summed E-state index contributed by atoms with van der Waals surface area (Å²) in [5, 5.41) is 2.78. The van der Waals surface area contributed by atoms with Gasteiger partial charge in [-0.05, 0) is 52.7 Å². The van der Waals surface area contributed by atoms with E-state index in [-0.39, 0.29) is 5.41 Å². The fourth-order valence-corrected chi connectivity index (χ4v) is 3.85. The van der Waals surface area contributed by atoms with Crippen LogP contribution in [-0.4, -0.2) is 0 Å². The molecule has 0 bridgehead atoms. The predicted molar refractivity (Wildman–Crippen MR) is 90.9 cm³/mol. The molecule has 0 aromatic heterocycles. The van der Waals surface area contributed by atoms with Crippen molar-refractivity contribution in [2.45, 2.75) is 52.9 Å². The summed E-state index contributed by atoms with van der Waals surface area (Å²) in [4.78, 5) is 0. The first-order valence-electron chi connectivity index (χ1n) is 8.29. The molecule has 2 aliphatic carbocycles. The van der Waals surface area contributed by atoms with Crippen LogP contribution in [0.4, 0.5) is 0 Å². The lowest BCUT2D eigenvalue weighted by atomic mass is 9.71. The summed E-state index contributed by atoms with van der Waals surface area (Å²) in [5.41, 5.74) is 4.27. The van der Waals surface area contributed by atoms with Gasteiger partial charge in [-0.25, -0.2) is 0 Å². The molecular weight excluding hydrogens is 252 g/mol. The number of hydrogen-bond donors (Lipinski definition) is 0. The summed E-state index contributed by atoms with van der Waals surface area (Å²) in [7, 11) is 0. The molecule has 109 valence electrons. The van der Waals surface area contributed by atoms with Crippen LogP contribution in [0.1, 0.15) is 52.9 Å². The molecule has 1 atom stereocenters. The van der Waals surface area contributed by atoms with E-state index < -0.39 is 0 Å². The third-order valence-electron chi connectivity index (χ3n) is 4.79. The lowest BCUT2D eigenvalue weighted by molar-refractivity contribution is 0.470. The fourth-order valence-electron chi connectivity index (χ4n) is 3.85. The molecular formula is C21H25. The molecule has 0 fully saturated rings. The molecule has 0 N–H and O–H groups in total. The summed E-state index contributed by atoms with van der Waals surface area (Å²) < 4.78 is 0. The first-order chi connectivity index (χ1) is 10.1. The van der Waals surface area contributed by atoms with Crippen LogP contribution in [0.5, 0.6) is 0 Å². The maximum absolute atomic E-state index is 3.57. The Morgan fingerprint density at radius 3 is 2.71 bits per heavy atom. The van der Waals surface area contributed by atoms with Gasteiger partial charge < -0.3 is 0 Å². The number of fused-ring (bicyclic) bond motifs is 2. The average Bonchev–Trinajstić information content (AvgIpc) is 2.82. The van der Waals surface area contributed by atoms with E-state index in [9.17, 15) is 0 Å². The average molecular weight is 277 g/mol. The van der Waals surface area contributed by atoms with E-state index in [1.165, 1.54) is 59.3 Å². The molecule has 1 aromatic rings. The Bertz CT molecular complexity index is 715. The van der Waals surface area contributed by atoms with Crippen molar-refractivity contribution in [1.82, 2.24) is 0 Å². The highest BCUT2D eigenvalue weighted by Crippen LogP contribution is 2.44. The zero-order valence-electron chi connectivity index (χ0n) is 13.5. The minimum absolute atomic E-state index is 0.168. The molecule has 0 spiro atoms. The zero-order valence-corrected chi connectivity index (χ0v) is 13.5. The number of hydrogen-bond acceptors (Lipinski definition) is 0. The van der Waals surface area contributed by atoms with Gasteiger partial charge >= 0.3 is 0 Å². The van der Waals surface area contributed by atoms with Gasteiger partial charge in [0, 0.05) is 5.41 Å². The number of allylic oxidation sites excluding steroid dienone is 4. The van der Waals surface area contributed by atoms with Crippen LogP contribution in [0.2, 0.25) is 0 Å². The topological polar surface area (TPSA) is 0 Å². The van der Waals surface area contributed by atoms with Gasteiger partial charge in [0.2, 0.25) is 0 Å². The van der Waals surface area contributed by atoms with Crippen LogP contribution in [0.15, 0.2) is 41.5 Å². The van der Waals surface area contributed by atoms with Crippen molar-refractivity contribution in [3.05, 3.63) is 58.0 Å². The van der Waals surface area contributed by atoms with Crippen LogP contribution < -0.4 is 10.4 Å². The van der Waals surface area contributed by atoms with E-state index >= 15 is 0 Å². The molecule has 0 saturated carbocycles. The van der Waals surface area contributed by atoms with Crippen molar-refractivity contribution >= 4 is 11.6 Å². The molecule has 0 heterocycles. The van der Waals surface area contributed by atoms with Gasteiger partial charge in [-0.3, -0.25) is 0 Å². The lowest BCUT2D eigenvalue weighted by Gasteiger charge is -2.33. The molecule has 21 heavy (non-hydrogen) atoms. The molecule has 1 radical (unpaired) electrons. The van der Waals surface area contributed by atoms with Crippen LogP contribution in [-0.2, 0) is 0 Å². The Morgan fingerprint density at radius 2 is 1.90 bits per heavy atom. The second-order valence-electron chi connectivity index (χ2n) is 6.70. The van der Waals surface area contributed by atoms with Gasteiger partial charge in [-0.1, -0.05) is 69.9 Å².